The fourth-order valence-corrected chi connectivity index (χ4v) is 8.68. The van der Waals surface area contributed by atoms with Crippen LogP contribution < -0.4 is 0 Å². The van der Waals surface area contributed by atoms with E-state index in [0.717, 1.165) is 61.0 Å². The Morgan fingerprint density at radius 3 is 1.42 bits per heavy atom. The lowest BCUT2D eigenvalue weighted by molar-refractivity contribution is 1.17. The zero-order valence-corrected chi connectivity index (χ0v) is 29.5. The van der Waals surface area contributed by atoms with Crippen molar-refractivity contribution in [3.8, 4) is 34.3 Å². The number of rotatable bonds is 4. The third-order valence-electron chi connectivity index (χ3n) is 11.1. The van der Waals surface area contributed by atoms with Crippen LogP contribution in [0.1, 0.15) is 5.56 Å². The number of hydrogen-bond acceptors (Lipinski definition) is 1. The van der Waals surface area contributed by atoms with Gasteiger partial charge in [0.05, 0.1) is 51.3 Å². The highest BCUT2D eigenvalue weighted by Crippen LogP contribution is 2.40. The molecule has 0 bridgehead atoms. The Morgan fingerprint density at radius 2 is 0.855 bits per heavy atom. The van der Waals surface area contributed by atoms with Crippen LogP contribution in [0.15, 0.2) is 176 Å². The Labute approximate surface area is 316 Å². The van der Waals surface area contributed by atoms with Gasteiger partial charge in [-0.3, -0.25) is 0 Å². The molecule has 5 heteroatoms. The largest absolute Gasteiger partial charge is 0.309 e. The van der Waals surface area contributed by atoms with Gasteiger partial charge in [0.15, 0.2) is 5.69 Å². The second-order valence-electron chi connectivity index (χ2n) is 14.0. The lowest BCUT2D eigenvalue weighted by Crippen LogP contribution is -1.96. The smallest absolute Gasteiger partial charge is 0.195 e. The molecule has 254 valence electrons. The summed E-state index contributed by atoms with van der Waals surface area (Å²) in [6.45, 7) is 8.11. The summed E-state index contributed by atoms with van der Waals surface area (Å²) in [7, 11) is 0. The summed E-state index contributed by atoms with van der Waals surface area (Å²) >= 11 is 0. The first kappa shape index (κ1) is 30.7. The monoisotopic (exact) mass is 699 g/mol. The molecular formula is C50H29N5. The summed E-state index contributed by atoms with van der Waals surface area (Å²) in [4.78, 5) is 3.96. The molecule has 0 aliphatic carbocycles. The molecule has 0 saturated carbocycles. The van der Waals surface area contributed by atoms with Crippen molar-refractivity contribution in [1.82, 2.24) is 13.7 Å². The zero-order valence-electron chi connectivity index (χ0n) is 29.5. The van der Waals surface area contributed by atoms with E-state index in [-0.39, 0.29) is 0 Å². The van der Waals surface area contributed by atoms with E-state index in [2.05, 4.69) is 164 Å². The molecule has 0 saturated heterocycles. The standard InChI is InChI=1S/C50H29N5/c1-52-44-26-23-35(29-42(44)33-19-21-34(22-20-33)53-45-14-6-4-12-39(45)41-25-18-32(31-51)28-50(41)53)55-48-17-9-5-13-40(48)43-30-36(24-27-49(43)55)54-46-15-7-2-10-37(46)38-11-3-8-16-47(38)54/h2-30H. The topological polar surface area (TPSA) is 42.9 Å². The number of para-hydroxylation sites is 4. The summed E-state index contributed by atoms with van der Waals surface area (Å²) in [5, 5.41) is 16.8. The Morgan fingerprint density at radius 1 is 0.400 bits per heavy atom. The van der Waals surface area contributed by atoms with Crippen LogP contribution in [-0.4, -0.2) is 13.7 Å². The minimum Gasteiger partial charge on any atom is -0.309 e. The van der Waals surface area contributed by atoms with Gasteiger partial charge < -0.3 is 13.7 Å². The number of benzene rings is 8. The summed E-state index contributed by atoms with van der Waals surface area (Å²) < 4.78 is 6.90. The zero-order chi connectivity index (χ0) is 36.6. The van der Waals surface area contributed by atoms with Crippen LogP contribution in [-0.2, 0) is 0 Å². The molecule has 55 heavy (non-hydrogen) atoms. The van der Waals surface area contributed by atoms with Crippen molar-refractivity contribution >= 4 is 71.1 Å². The molecule has 0 spiro atoms. The van der Waals surface area contributed by atoms with Gasteiger partial charge in [0, 0.05) is 49.4 Å². The highest BCUT2D eigenvalue weighted by Gasteiger charge is 2.18. The molecule has 0 fully saturated rings. The Kier molecular flexibility index (Phi) is 6.61. The summed E-state index contributed by atoms with van der Waals surface area (Å²) in [5.74, 6) is 0. The van der Waals surface area contributed by atoms with Crippen LogP contribution >= 0.6 is 0 Å². The van der Waals surface area contributed by atoms with Crippen LogP contribution in [0.4, 0.5) is 5.69 Å². The van der Waals surface area contributed by atoms with Crippen molar-refractivity contribution in [1.29, 1.82) is 5.26 Å². The highest BCUT2D eigenvalue weighted by atomic mass is 15.0. The molecular weight excluding hydrogens is 671 g/mol. The maximum atomic E-state index is 9.69. The molecule has 5 nitrogen and oxygen atoms in total. The second-order valence-corrected chi connectivity index (χ2v) is 14.0. The Bertz CT molecular complexity index is 3400. The molecule has 0 aliphatic heterocycles. The normalized spacial score (nSPS) is 11.6. The number of hydrogen-bond donors (Lipinski definition) is 0. The molecule has 8 aromatic carbocycles. The maximum Gasteiger partial charge on any atom is 0.195 e. The molecule has 3 heterocycles. The molecule has 11 aromatic rings. The average Bonchev–Trinajstić information content (AvgIpc) is 3.88. The van der Waals surface area contributed by atoms with Gasteiger partial charge in [-0.15, -0.1) is 0 Å². The molecule has 0 aliphatic rings. The Hall–Kier alpha value is -7.86. The molecule has 0 amide bonds. The third-order valence-corrected chi connectivity index (χ3v) is 11.1. The van der Waals surface area contributed by atoms with Gasteiger partial charge in [-0.25, -0.2) is 4.85 Å². The molecule has 3 aromatic heterocycles. The van der Waals surface area contributed by atoms with E-state index in [1.54, 1.807) is 0 Å². The predicted octanol–water partition coefficient (Wildman–Crippen LogP) is 13.1. The number of fused-ring (bicyclic) bond motifs is 9. The second kappa shape index (κ2) is 11.8. The van der Waals surface area contributed by atoms with Gasteiger partial charge in [-0.2, -0.15) is 5.26 Å². The first-order valence-corrected chi connectivity index (χ1v) is 18.3. The van der Waals surface area contributed by atoms with Crippen molar-refractivity contribution in [2.45, 2.75) is 0 Å². The SMILES string of the molecule is [C-]#[N+]c1ccc(-n2c3ccccc3c3cc(-n4c5ccccc5c5ccccc54)ccc32)cc1-c1ccc(-n2c3ccccc3c3ccc(C#N)cc32)cc1. The van der Waals surface area contributed by atoms with E-state index in [0.29, 0.717) is 11.3 Å². The van der Waals surface area contributed by atoms with Crippen LogP contribution in [0.3, 0.4) is 0 Å². The number of nitrogens with zero attached hydrogens (tertiary/aromatic N) is 5. The van der Waals surface area contributed by atoms with Crippen LogP contribution in [0.5, 0.6) is 0 Å². The van der Waals surface area contributed by atoms with Gasteiger partial charge >= 0.3 is 0 Å². The first-order valence-electron chi connectivity index (χ1n) is 18.3. The lowest BCUT2D eigenvalue weighted by atomic mass is 10.0. The van der Waals surface area contributed by atoms with E-state index in [1.165, 1.54) is 32.6 Å². The van der Waals surface area contributed by atoms with Gasteiger partial charge in [0.25, 0.3) is 0 Å². The van der Waals surface area contributed by atoms with E-state index < -0.39 is 0 Å². The Balaban J connectivity index is 1.06. The summed E-state index contributed by atoms with van der Waals surface area (Å²) in [6, 6.07) is 63.6. The van der Waals surface area contributed by atoms with E-state index in [4.69, 9.17) is 6.57 Å². The van der Waals surface area contributed by atoms with Crippen LogP contribution in [0.25, 0.3) is 98.5 Å². The molecule has 11 rings (SSSR count). The van der Waals surface area contributed by atoms with Gasteiger partial charge in [0.1, 0.15) is 0 Å². The van der Waals surface area contributed by atoms with Crippen molar-refractivity contribution in [3.63, 3.8) is 0 Å². The maximum absolute atomic E-state index is 9.69. The quantitative estimate of drug-likeness (QED) is 0.169. The average molecular weight is 700 g/mol. The fraction of sp³-hybridized carbons (Fsp3) is 0. The number of aromatic nitrogens is 3. The highest BCUT2D eigenvalue weighted by molar-refractivity contribution is 6.13. The third kappa shape index (κ3) is 4.51. The minimum atomic E-state index is 0.599. The van der Waals surface area contributed by atoms with Crippen molar-refractivity contribution in [2.75, 3.05) is 0 Å². The van der Waals surface area contributed by atoms with Gasteiger partial charge in [-0.05, 0) is 90.0 Å². The summed E-state index contributed by atoms with van der Waals surface area (Å²) in [6.07, 6.45) is 0. The molecule has 0 radical (unpaired) electrons. The first-order chi connectivity index (χ1) is 27.2. The van der Waals surface area contributed by atoms with Crippen molar-refractivity contribution in [3.05, 3.63) is 193 Å². The van der Waals surface area contributed by atoms with Gasteiger partial charge in [-0.1, -0.05) is 97.1 Å². The molecule has 0 atom stereocenters. The van der Waals surface area contributed by atoms with Gasteiger partial charge in [0.2, 0.25) is 0 Å². The van der Waals surface area contributed by atoms with E-state index >= 15 is 0 Å². The van der Waals surface area contributed by atoms with E-state index in [1.807, 2.05) is 36.4 Å². The fourth-order valence-electron chi connectivity index (χ4n) is 8.68. The lowest BCUT2D eigenvalue weighted by Gasteiger charge is -2.14. The molecule has 0 N–H and O–H groups in total. The van der Waals surface area contributed by atoms with Crippen LogP contribution in [0, 0.1) is 17.9 Å². The molecule has 0 unspecified atom stereocenters. The minimum absolute atomic E-state index is 0.599. The van der Waals surface area contributed by atoms with Crippen molar-refractivity contribution in [2.24, 2.45) is 0 Å². The van der Waals surface area contributed by atoms with E-state index in [9.17, 15) is 5.26 Å². The van der Waals surface area contributed by atoms with Crippen molar-refractivity contribution < 1.29 is 0 Å². The predicted molar refractivity (Wildman–Crippen MR) is 226 cm³/mol. The van der Waals surface area contributed by atoms with Crippen LogP contribution in [0.2, 0.25) is 0 Å². The number of nitriles is 1. The summed E-state index contributed by atoms with van der Waals surface area (Å²) in [5.41, 5.74) is 12.8.